The minimum Gasteiger partial charge on any atom is -0.444 e. The minimum atomic E-state index is -0.607. The van der Waals surface area contributed by atoms with Gasteiger partial charge >= 0.3 is 6.09 Å². The summed E-state index contributed by atoms with van der Waals surface area (Å²) < 4.78 is 12.4. The van der Waals surface area contributed by atoms with E-state index in [2.05, 4.69) is 27.8 Å². The third kappa shape index (κ3) is 7.37. The number of hydrogen-bond acceptors (Lipinski definition) is 7. The van der Waals surface area contributed by atoms with Gasteiger partial charge in [0.25, 0.3) is 0 Å². The molecule has 0 aliphatic rings. The van der Waals surface area contributed by atoms with E-state index < -0.39 is 17.7 Å². The molecule has 1 aromatic heterocycles. The van der Waals surface area contributed by atoms with Gasteiger partial charge in [-0.15, -0.1) is 5.10 Å². The van der Waals surface area contributed by atoms with Crippen LogP contribution in [0.15, 0.2) is 0 Å². The maximum absolute atomic E-state index is 12.1. The highest BCUT2D eigenvalue weighted by Gasteiger charge is 2.24. The van der Waals surface area contributed by atoms with E-state index in [1.54, 1.807) is 20.8 Å². The molecule has 0 aliphatic heterocycles. The summed E-state index contributed by atoms with van der Waals surface area (Å²) in [5.41, 5.74) is -0.607. The molecule has 1 N–H and O–H groups in total. The van der Waals surface area contributed by atoms with E-state index in [-0.39, 0.29) is 13.0 Å². The minimum absolute atomic E-state index is 0.228. The molecule has 0 unspecified atom stereocenters. The van der Waals surface area contributed by atoms with E-state index in [0.29, 0.717) is 19.0 Å². The zero-order valence-corrected chi connectivity index (χ0v) is 14.8. The largest absolute Gasteiger partial charge is 0.444 e. The van der Waals surface area contributed by atoms with Crippen LogP contribution < -0.4 is 5.32 Å². The Hall–Kier alpha value is -2.21. The van der Waals surface area contributed by atoms with Crippen molar-refractivity contribution < 1.29 is 14.3 Å². The van der Waals surface area contributed by atoms with Crippen LogP contribution in [0.2, 0.25) is 0 Å². The lowest BCUT2D eigenvalue weighted by Crippen LogP contribution is -2.38. The van der Waals surface area contributed by atoms with Crippen molar-refractivity contribution in [2.75, 3.05) is 13.2 Å². The number of carbonyl (C=O) groups is 1. The number of aromatic nitrogens is 4. The summed E-state index contributed by atoms with van der Waals surface area (Å²) in [5.74, 6) is 0.438. The quantitative estimate of drug-likeness (QED) is 0.684. The molecule has 0 bridgehead atoms. The zero-order valence-electron chi connectivity index (χ0n) is 14.8. The highest BCUT2D eigenvalue weighted by atomic mass is 16.6. The SMILES string of the molecule is CCCCOC[C@H](NC(=O)OC(C)(C)C)c1nnnn1CCC#N. The van der Waals surface area contributed by atoms with Crippen LogP contribution in [0, 0.1) is 11.3 Å². The van der Waals surface area contributed by atoms with Crippen molar-refractivity contribution >= 4 is 6.09 Å². The number of carbonyl (C=O) groups excluding carboxylic acids is 1. The van der Waals surface area contributed by atoms with Crippen molar-refractivity contribution in [2.24, 2.45) is 0 Å². The zero-order chi connectivity index (χ0) is 18.0. The van der Waals surface area contributed by atoms with Crippen LogP contribution in [0.4, 0.5) is 4.79 Å². The van der Waals surface area contributed by atoms with Crippen LogP contribution in [-0.4, -0.2) is 45.1 Å². The van der Waals surface area contributed by atoms with Crippen molar-refractivity contribution in [3.8, 4) is 6.07 Å². The van der Waals surface area contributed by atoms with Gasteiger partial charge in [0, 0.05) is 6.61 Å². The van der Waals surface area contributed by atoms with Gasteiger partial charge in [0.2, 0.25) is 0 Å². The molecule has 134 valence electrons. The Balaban J connectivity index is 2.79. The van der Waals surface area contributed by atoms with Crippen molar-refractivity contribution in [2.45, 2.75) is 65.1 Å². The first-order valence-electron chi connectivity index (χ1n) is 8.07. The molecule has 0 radical (unpaired) electrons. The summed E-state index contributed by atoms with van der Waals surface area (Å²) in [6.07, 6.45) is 1.65. The Morgan fingerprint density at radius 1 is 1.46 bits per heavy atom. The maximum atomic E-state index is 12.1. The fourth-order valence-corrected chi connectivity index (χ4v) is 1.85. The van der Waals surface area contributed by atoms with Gasteiger partial charge in [0.15, 0.2) is 5.82 Å². The Labute approximate surface area is 142 Å². The van der Waals surface area contributed by atoms with Crippen molar-refractivity contribution in [1.29, 1.82) is 5.26 Å². The summed E-state index contributed by atoms with van der Waals surface area (Å²) in [6, 6.07) is 1.49. The lowest BCUT2D eigenvalue weighted by Gasteiger charge is -2.23. The molecular weight excluding hydrogens is 312 g/mol. The number of amides is 1. The lowest BCUT2D eigenvalue weighted by molar-refractivity contribution is 0.0429. The summed E-state index contributed by atoms with van der Waals surface area (Å²) in [4.78, 5) is 12.1. The summed E-state index contributed by atoms with van der Waals surface area (Å²) >= 11 is 0. The fraction of sp³-hybridized carbons (Fsp3) is 0.800. The number of nitriles is 1. The van der Waals surface area contributed by atoms with Crippen LogP contribution in [-0.2, 0) is 16.0 Å². The molecule has 0 saturated carbocycles. The van der Waals surface area contributed by atoms with Gasteiger partial charge in [-0.3, -0.25) is 0 Å². The summed E-state index contributed by atoms with van der Waals surface area (Å²) in [6.45, 7) is 8.60. The van der Waals surface area contributed by atoms with Crippen LogP contribution in [0.3, 0.4) is 0 Å². The molecular formula is C15H26N6O3. The third-order valence-electron chi connectivity index (χ3n) is 2.92. The van der Waals surface area contributed by atoms with E-state index >= 15 is 0 Å². The average molecular weight is 338 g/mol. The average Bonchev–Trinajstić information content (AvgIpc) is 2.94. The summed E-state index contributed by atoms with van der Waals surface area (Å²) in [5, 5.41) is 22.9. The number of alkyl carbamates (subject to hydrolysis) is 1. The number of unbranched alkanes of at least 4 members (excludes halogenated alkanes) is 1. The Kier molecular flexibility index (Phi) is 8.12. The molecule has 9 heteroatoms. The standard InChI is InChI=1S/C15H26N6O3/c1-5-6-10-23-11-12(17-14(22)24-15(2,3)4)13-18-19-20-21(13)9-7-8-16/h12H,5-7,9-11H2,1-4H3,(H,17,22)/t12-/m0/s1. The molecule has 0 aliphatic carbocycles. The maximum Gasteiger partial charge on any atom is 0.408 e. The molecule has 1 rings (SSSR count). The highest BCUT2D eigenvalue weighted by molar-refractivity contribution is 5.68. The Bertz CT molecular complexity index is 546. The summed E-state index contributed by atoms with van der Waals surface area (Å²) in [7, 11) is 0. The molecule has 1 amide bonds. The van der Waals surface area contributed by atoms with Crippen molar-refractivity contribution in [3.05, 3.63) is 5.82 Å². The van der Waals surface area contributed by atoms with Crippen LogP contribution >= 0.6 is 0 Å². The first-order chi connectivity index (χ1) is 11.4. The predicted molar refractivity (Wildman–Crippen MR) is 85.9 cm³/mol. The smallest absolute Gasteiger partial charge is 0.408 e. The van der Waals surface area contributed by atoms with Gasteiger partial charge in [-0.2, -0.15) is 5.26 Å². The molecule has 1 heterocycles. The van der Waals surface area contributed by atoms with Gasteiger partial charge in [-0.25, -0.2) is 9.48 Å². The number of nitrogens with zero attached hydrogens (tertiary/aromatic N) is 5. The fourth-order valence-electron chi connectivity index (χ4n) is 1.85. The van der Waals surface area contributed by atoms with E-state index in [4.69, 9.17) is 14.7 Å². The number of aryl methyl sites for hydroxylation is 1. The number of tetrazole rings is 1. The van der Waals surface area contributed by atoms with Gasteiger partial charge in [0.05, 0.1) is 25.6 Å². The van der Waals surface area contributed by atoms with Gasteiger partial charge < -0.3 is 14.8 Å². The molecule has 9 nitrogen and oxygen atoms in total. The second-order valence-electron chi connectivity index (χ2n) is 6.30. The first kappa shape index (κ1) is 19.8. The number of nitrogens with one attached hydrogen (secondary N) is 1. The Morgan fingerprint density at radius 2 is 2.21 bits per heavy atom. The Morgan fingerprint density at radius 3 is 2.83 bits per heavy atom. The number of rotatable bonds is 9. The molecule has 24 heavy (non-hydrogen) atoms. The van der Waals surface area contributed by atoms with Gasteiger partial charge in [-0.1, -0.05) is 13.3 Å². The van der Waals surface area contributed by atoms with Gasteiger partial charge in [-0.05, 0) is 37.6 Å². The highest BCUT2D eigenvalue weighted by Crippen LogP contribution is 2.13. The third-order valence-corrected chi connectivity index (χ3v) is 2.92. The lowest BCUT2D eigenvalue weighted by atomic mass is 10.2. The van der Waals surface area contributed by atoms with Crippen LogP contribution in [0.25, 0.3) is 0 Å². The molecule has 0 saturated heterocycles. The van der Waals surface area contributed by atoms with Crippen molar-refractivity contribution in [1.82, 2.24) is 25.5 Å². The number of hydrogen-bond donors (Lipinski definition) is 1. The molecule has 1 aromatic rings. The molecule has 0 aromatic carbocycles. The molecule has 1 atom stereocenters. The molecule has 0 fully saturated rings. The van der Waals surface area contributed by atoms with E-state index in [9.17, 15) is 4.79 Å². The van der Waals surface area contributed by atoms with Crippen molar-refractivity contribution in [3.63, 3.8) is 0 Å². The first-order valence-corrected chi connectivity index (χ1v) is 8.07. The van der Waals surface area contributed by atoms with Crippen LogP contribution in [0.5, 0.6) is 0 Å². The predicted octanol–water partition coefficient (Wildman–Crippen LogP) is 1.97. The van der Waals surface area contributed by atoms with E-state index in [0.717, 1.165) is 12.8 Å². The normalized spacial score (nSPS) is 12.5. The van der Waals surface area contributed by atoms with Crippen LogP contribution in [0.1, 0.15) is 58.8 Å². The monoisotopic (exact) mass is 338 g/mol. The van der Waals surface area contributed by atoms with E-state index in [1.807, 2.05) is 6.07 Å². The second-order valence-corrected chi connectivity index (χ2v) is 6.30. The van der Waals surface area contributed by atoms with Gasteiger partial charge in [0.1, 0.15) is 11.6 Å². The second kappa shape index (κ2) is 9.82. The topological polar surface area (TPSA) is 115 Å². The number of ether oxygens (including phenoxy) is 2. The van der Waals surface area contributed by atoms with E-state index in [1.165, 1.54) is 4.68 Å². The molecule has 0 spiro atoms.